The zero-order chi connectivity index (χ0) is 16.6. The lowest BCUT2D eigenvalue weighted by molar-refractivity contribution is 0.590. The molecule has 0 amide bonds. The van der Waals surface area contributed by atoms with Crippen LogP contribution in [0.5, 0.6) is 0 Å². The van der Waals surface area contributed by atoms with E-state index in [0.717, 1.165) is 17.1 Å². The van der Waals surface area contributed by atoms with E-state index in [1.807, 2.05) is 28.8 Å². The second kappa shape index (κ2) is 5.95. The molecule has 0 aliphatic heterocycles. The number of benzene rings is 2. The van der Waals surface area contributed by atoms with Gasteiger partial charge in [0.15, 0.2) is 10.6 Å². The number of nitrogens with zero attached hydrogens (tertiary/aromatic N) is 2. The lowest BCUT2D eigenvalue weighted by Gasteiger charge is -2.19. The number of hydrogen-bond acceptors (Lipinski definition) is 2. The van der Waals surface area contributed by atoms with Gasteiger partial charge in [0.25, 0.3) is 0 Å². The summed E-state index contributed by atoms with van der Waals surface area (Å²) in [5.41, 5.74) is 3.30. The van der Waals surface area contributed by atoms with E-state index >= 15 is 0 Å². The van der Waals surface area contributed by atoms with E-state index in [1.165, 1.54) is 5.56 Å². The third-order valence-corrected chi connectivity index (χ3v) is 4.26. The molecule has 3 rings (SSSR count). The van der Waals surface area contributed by atoms with Crippen molar-refractivity contribution in [2.24, 2.45) is 0 Å². The highest BCUT2D eigenvalue weighted by Gasteiger charge is 2.15. The number of hydrogen-bond donors (Lipinski definition) is 1. The van der Waals surface area contributed by atoms with Gasteiger partial charge in [0.2, 0.25) is 0 Å². The van der Waals surface area contributed by atoms with Gasteiger partial charge in [-0.25, -0.2) is 0 Å². The topological polar surface area (TPSA) is 33.6 Å². The summed E-state index contributed by atoms with van der Waals surface area (Å²) in [6, 6.07) is 16.0. The average Bonchev–Trinajstić information content (AvgIpc) is 2.88. The maximum atomic E-state index is 6.11. The van der Waals surface area contributed by atoms with Crippen molar-refractivity contribution in [3.8, 4) is 17.1 Å². The van der Waals surface area contributed by atoms with Crippen LogP contribution in [-0.4, -0.2) is 14.8 Å². The van der Waals surface area contributed by atoms with Gasteiger partial charge in [-0.05, 0) is 41.4 Å². The summed E-state index contributed by atoms with van der Waals surface area (Å²) >= 11 is 11.5. The molecule has 0 radical (unpaired) electrons. The van der Waals surface area contributed by atoms with Gasteiger partial charge < -0.3 is 0 Å². The Hall–Kier alpha value is -1.91. The Bertz CT molecular complexity index is 886. The summed E-state index contributed by atoms with van der Waals surface area (Å²) in [6.07, 6.45) is 0. The van der Waals surface area contributed by atoms with E-state index in [9.17, 15) is 0 Å². The Kier molecular flexibility index (Phi) is 4.13. The summed E-state index contributed by atoms with van der Waals surface area (Å²) in [5.74, 6) is 0.776. The normalized spacial score (nSPS) is 11.7. The third-order valence-electron chi connectivity index (χ3n) is 3.75. The van der Waals surface area contributed by atoms with Crippen LogP contribution in [0.25, 0.3) is 17.1 Å². The van der Waals surface area contributed by atoms with Gasteiger partial charge in [0.05, 0.1) is 5.69 Å². The van der Waals surface area contributed by atoms with E-state index < -0.39 is 0 Å². The Morgan fingerprint density at radius 2 is 1.78 bits per heavy atom. The molecule has 0 fully saturated rings. The van der Waals surface area contributed by atoms with Crippen LogP contribution < -0.4 is 0 Å². The minimum Gasteiger partial charge on any atom is -0.268 e. The summed E-state index contributed by atoms with van der Waals surface area (Å²) < 4.78 is 2.44. The molecule has 23 heavy (non-hydrogen) atoms. The van der Waals surface area contributed by atoms with E-state index in [4.69, 9.17) is 23.8 Å². The highest BCUT2D eigenvalue weighted by molar-refractivity contribution is 7.71. The number of aromatic nitrogens is 3. The van der Waals surface area contributed by atoms with Gasteiger partial charge in [-0.1, -0.05) is 62.7 Å². The molecule has 3 aromatic rings. The van der Waals surface area contributed by atoms with Crippen molar-refractivity contribution in [2.45, 2.75) is 26.2 Å². The lowest BCUT2D eigenvalue weighted by atomic mass is 9.87. The molecular formula is C18H18ClN3S. The largest absolute Gasteiger partial charge is 0.268 e. The quantitative estimate of drug-likeness (QED) is 0.619. The molecule has 0 aliphatic rings. The monoisotopic (exact) mass is 343 g/mol. The number of aromatic amines is 1. The van der Waals surface area contributed by atoms with Gasteiger partial charge in [-0.3, -0.25) is 9.67 Å². The number of nitrogens with one attached hydrogen (secondary N) is 1. The standard InChI is InChI=1S/C18H18ClN3S/c1-18(2,3)13-9-7-12(8-10-13)16-20-21-17(23)22(16)15-6-4-5-14(19)11-15/h4-11H,1-3H3,(H,21,23). The molecule has 5 heteroatoms. The molecule has 0 bridgehead atoms. The predicted molar refractivity (Wildman–Crippen MR) is 97.9 cm³/mol. The number of rotatable bonds is 2. The van der Waals surface area contributed by atoms with Crippen LogP contribution >= 0.6 is 23.8 Å². The summed E-state index contributed by atoms with van der Waals surface area (Å²) in [7, 11) is 0. The summed E-state index contributed by atoms with van der Waals surface area (Å²) in [4.78, 5) is 0. The molecule has 0 spiro atoms. The fraction of sp³-hybridized carbons (Fsp3) is 0.222. The Balaban J connectivity index is 2.10. The highest BCUT2D eigenvalue weighted by atomic mass is 35.5. The van der Waals surface area contributed by atoms with Gasteiger partial charge in [-0.15, -0.1) is 0 Å². The molecular weight excluding hydrogens is 326 g/mol. The fourth-order valence-corrected chi connectivity index (χ4v) is 2.89. The van der Waals surface area contributed by atoms with E-state index in [-0.39, 0.29) is 5.41 Å². The van der Waals surface area contributed by atoms with Crippen molar-refractivity contribution in [3.05, 3.63) is 63.9 Å². The first-order chi connectivity index (χ1) is 10.9. The first-order valence-corrected chi connectivity index (χ1v) is 8.19. The zero-order valence-electron chi connectivity index (χ0n) is 13.3. The Labute approximate surface area is 145 Å². The van der Waals surface area contributed by atoms with Crippen molar-refractivity contribution < 1.29 is 0 Å². The van der Waals surface area contributed by atoms with Crippen molar-refractivity contribution in [1.29, 1.82) is 0 Å². The predicted octanol–water partition coefficient (Wildman–Crippen LogP) is 5.55. The van der Waals surface area contributed by atoms with Crippen molar-refractivity contribution in [1.82, 2.24) is 14.8 Å². The second-order valence-corrected chi connectivity index (χ2v) is 7.32. The van der Waals surface area contributed by atoms with Crippen molar-refractivity contribution in [2.75, 3.05) is 0 Å². The van der Waals surface area contributed by atoms with Crippen molar-refractivity contribution in [3.63, 3.8) is 0 Å². The van der Waals surface area contributed by atoms with E-state index in [2.05, 4.69) is 55.2 Å². The fourth-order valence-electron chi connectivity index (χ4n) is 2.46. The first kappa shape index (κ1) is 16.0. The molecule has 1 aromatic heterocycles. The molecule has 118 valence electrons. The van der Waals surface area contributed by atoms with Crippen LogP contribution in [-0.2, 0) is 5.41 Å². The average molecular weight is 344 g/mol. The van der Waals surface area contributed by atoms with Crippen LogP contribution in [0.3, 0.4) is 0 Å². The van der Waals surface area contributed by atoms with E-state index in [0.29, 0.717) is 9.79 Å². The van der Waals surface area contributed by atoms with Crippen LogP contribution in [0.4, 0.5) is 0 Å². The van der Waals surface area contributed by atoms with Crippen LogP contribution in [0.1, 0.15) is 26.3 Å². The van der Waals surface area contributed by atoms with Crippen molar-refractivity contribution >= 4 is 23.8 Å². The SMILES string of the molecule is CC(C)(C)c1ccc(-c2n[nH]c(=S)n2-c2cccc(Cl)c2)cc1. The van der Waals surface area contributed by atoms with Gasteiger partial charge in [0, 0.05) is 10.6 Å². The molecule has 0 saturated heterocycles. The minimum absolute atomic E-state index is 0.121. The van der Waals surface area contributed by atoms with Crippen LogP contribution in [0.2, 0.25) is 5.02 Å². The molecule has 1 N–H and O–H groups in total. The summed E-state index contributed by atoms with van der Waals surface area (Å²) in [5, 5.41) is 7.92. The molecule has 0 unspecified atom stereocenters. The van der Waals surface area contributed by atoms with Gasteiger partial charge >= 0.3 is 0 Å². The molecule has 3 nitrogen and oxygen atoms in total. The number of halogens is 1. The minimum atomic E-state index is 0.121. The molecule has 0 atom stereocenters. The molecule has 2 aromatic carbocycles. The third kappa shape index (κ3) is 3.23. The summed E-state index contributed by atoms with van der Waals surface area (Å²) in [6.45, 7) is 6.60. The van der Waals surface area contributed by atoms with Crippen LogP contribution in [0.15, 0.2) is 48.5 Å². The van der Waals surface area contributed by atoms with E-state index in [1.54, 1.807) is 0 Å². The molecule has 0 aliphatic carbocycles. The Morgan fingerprint density at radius 3 is 2.39 bits per heavy atom. The maximum absolute atomic E-state index is 6.11. The zero-order valence-corrected chi connectivity index (χ0v) is 14.9. The first-order valence-electron chi connectivity index (χ1n) is 7.40. The maximum Gasteiger partial charge on any atom is 0.200 e. The lowest BCUT2D eigenvalue weighted by Crippen LogP contribution is -2.10. The smallest absolute Gasteiger partial charge is 0.200 e. The Morgan fingerprint density at radius 1 is 1.09 bits per heavy atom. The van der Waals surface area contributed by atoms with Gasteiger partial charge in [-0.2, -0.15) is 5.10 Å². The molecule has 0 saturated carbocycles. The van der Waals surface area contributed by atoms with Crippen LogP contribution in [0, 0.1) is 4.77 Å². The molecule has 1 heterocycles. The van der Waals surface area contributed by atoms with Gasteiger partial charge in [0.1, 0.15) is 0 Å². The second-order valence-electron chi connectivity index (χ2n) is 6.49. The highest BCUT2D eigenvalue weighted by Crippen LogP contribution is 2.27. The number of H-pyrrole nitrogens is 1.